The number of para-hydroxylation sites is 1. The molecule has 31 heavy (non-hydrogen) atoms. The van der Waals surface area contributed by atoms with Crippen LogP contribution in [0.2, 0.25) is 0 Å². The van der Waals surface area contributed by atoms with Crippen molar-refractivity contribution in [3.8, 4) is 0 Å². The van der Waals surface area contributed by atoms with Gasteiger partial charge in [0.25, 0.3) is 11.8 Å². The number of rotatable bonds is 7. The number of carbonyl (C=O) groups excluding carboxylic acids is 2. The Labute approximate surface area is 183 Å². The highest BCUT2D eigenvalue weighted by atomic mass is 16.2. The Balaban J connectivity index is 1.72. The maximum absolute atomic E-state index is 13.5. The van der Waals surface area contributed by atoms with Crippen LogP contribution in [0.25, 0.3) is 5.57 Å². The van der Waals surface area contributed by atoms with E-state index in [-0.39, 0.29) is 11.8 Å². The number of unbranched alkanes of at least 4 members (excludes halogenated alkanes) is 1. The monoisotopic (exact) mass is 410 g/mol. The van der Waals surface area contributed by atoms with Crippen LogP contribution in [0.5, 0.6) is 0 Å². The smallest absolute Gasteiger partial charge is 0.282 e. The predicted molar refractivity (Wildman–Crippen MR) is 126 cm³/mol. The summed E-state index contributed by atoms with van der Waals surface area (Å²) < 4.78 is 0. The molecule has 0 saturated carbocycles. The average molecular weight is 411 g/mol. The summed E-state index contributed by atoms with van der Waals surface area (Å²) in [6.07, 6.45) is 3.24. The lowest BCUT2D eigenvalue weighted by atomic mass is 10.0. The highest BCUT2D eigenvalue weighted by Crippen LogP contribution is 2.34. The largest absolute Gasteiger partial charge is 0.350 e. The third-order valence-corrected chi connectivity index (χ3v) is 5.48. The van der Waals surface area contributed by atoms with Crippen molar-refractivity contribution in [2.45, 2.75) is 33.1 Å². The van der Waals surface area contributed by atoms with Crippen molar-refractivity contribution in [1.29, 1.82) is 0 Å². The second-order valence-corrected chi connectivity index (χ2v) is 7.82. The molecule has 1 N–H and O–H groups in total. The van der Waals surface area contributed by atoms with Crippen LogP contribution >= 0.6 is 0 Å². The molecule has 1 aliphatic heterocycles. The summed E-state index contributed by atoms with van der Waals surface area (Å²) in [6.45, 7) is 4.16. The topological polar surface area (TPSA) is 49.4 Å². The molecule has 0 spiro atoms. The van der Waals surface area contributed by atoms with Gasteiger partial charge in [-0.25, -0.2) is 4.90 Å². The van der Waals surface area contributed by atoms with Crippen LogP contribution in [-0.2, 0) is 16.0 Å². The first kappa shape index (κ1) is 20.6. The molecule has 0 radical (unpaired) electrons. The lowest BCUT2D eigenvalue weighted by molar-refractivity contribution is -0.120. The minimum absolute atomic E-state index is 0.301. The molecule has 4 rings (SSSR count). The first-order valence-corrected chi connectivity index (χ1v) is 10.7. The minimum atomic E-state index is -0.342. The molecule has 2 amide bonds. The molecule has 4 heteroatoms. The van der Waals surface area contributed by atoms with Crippen molar-refractivity contribution >= 4 is 28.8 Å². The number of hydrogen-bond donors (Lipinski definition) is 1. The maximum Gasteiger partial charge on any atom is 0.282 e. The van der Waals surface area contributed by atoms with Gasteiger partial charge in [-0.15, -0.1) is 0 Å². The Kier molecular flexibility index (Phi) is 5.99. The number of hydrogen-bond acceptors (Lipinski definition) is 3. The van der Waals surface area contributed by atoms with E-state index in [2.05, 4.69) is 12.2 Å². The van der Waals surface area contributed by atoms with Crippen molar-refractivity contribution < 1.29 is 9.59 Å². The van der Waals surface area contributed by atoms with Gasteiger partial charge in [-0.2, -0.15) is 0 Å². The summed E-state index contributed by atoms with van der Waals surface area (Å²) in [5.74, 6) is -0.653. The summed E-state index contributed by atoms with van der Waals surface area (Å²) in [7, 11) is 0. The van der Waals surface area contributed by atoms with Crippen molar-refractivity contribution in [1.82, 2.24) is 0 Å². The van der Waals surface area contributed by atoms with Gasteiger partial charge < -0.3 is 5.32 Å². The molecule has 0 unspecified atom stereocenters. The summed E-state index contributed by atoms with van der Waals surface area (Å²) in [6, 6.07) is 24.8. The summed E-state index contributed by atoms with van der Waals surface area (Å²) in [4.78, 5) is 28.1. The molecule has 0 fully saturated rings. The summed E-state index contributed by atoms with van der Waals surface area (Å²) >= 11 is 0. The molecule has 0 aliphatic carbocycles. The third kappa shape index (κ3) is 4.29. The highest BCUT2D eigenvalue weighted by Gasteiger charge is 2.40. The number of aryl methyl sites for hydroxylation is 2. The number of benzene rings is 3. The van der Waals surface area contributed by atoms with Crippen LogP contribution in [0.3, 0.4) is 0 Å². The molecule has 0 atom stereocenters. The second kappa shape index (κ2) is 9.00. The van der Waals surface area contributed by atoms with E-state index in [9.17, 15) is 9.59 Å². The van der Waals surface area contributed by atoms with Gasteiger partial charge in [-0.1, -0.05) is 73.5 Å². The summed E-state index contributed by atoms with van der Waals surface area (Å²) in [5, 5.41) is 3.19. The van der Waals surface area contributed by atoms with Crippen molar-refractivity contribution in [2.24, 2.45) is 0 Å². The standard InChI is InChI=1S/C27H26N2O2/c1-3-4-8-20-13-17-23(18-14-20)29-26(30)24(21-15-11-19(2)12-16-21)25(27(29)31)28-22-9-6-5-7-10-22/h5-7,9-18,28H,3-4,8H2,1-2H3. The van der Waals surface area contributed by atoms with Gasteiger partial charge in [0.05, 0.1) is 11.3 Å². The van der Waals surface area contributed by atoms with E-state index in [1.165, 1.54) is 10.5 Å². The van der Waals surface area contributed by atoms with E-state index in [1.807, 2.05) is 85.8 Å². The van der Waals surface area contributed by atoms with Crippen molar-refractivity contribution in [3.63, 3.8) is 0 Å². The first-order chi connectivity index (χ1) is 15.1. The molecular weight excluding hydrogens is 384 g/mol. The molecule has 1 aliphatic rings. The second-order valence-electron chi connectivity index (χ2n) is 7.82. The van der Waals surface area contributed by atoms with Gasteiger partial charge in [0.15, 0.2) is 0 Å². The fourth-order valence-electron chi connectivity index (χ4n) is 3.73. The number of anilines is 2. The van der Waals surface area contributed by atoms with E-state index in [4.69, 9.17) is 0 Å². The molecule has 0 bridgehead atoms. The lowest BCUT2D eigenvalue weighted by Gasteiger charge is -2.16. The van der Waals surface area contributed by atoms with Crippen LogP contribution in [-0.4, -0.2) is 11.8 Å². The Morgan fingerprint density at radius 3 is 2.13 bits per heavy atom. The van der Waals surface area contributed by atoms with Crippen LogP contribution in [0.1, 0.15) is 36.5 Å². The van der Waals surface area contributed by atoms with E-state index in [0.29, 0.717) is 17.0 Å². The van der Waals surface area contributed by atoms with Crippen LogP contribution in [0.4, 0.5) is 11.4 Å². The molecule has 0 saturated heterocycles. The van der Waals surface area contributed by atoms with E-state index in [0.717, 1.165) is 36.1 Å². The molecule has 156 valence electrons. The predicted octanol–water partition coefficient (Wildman–Crippen LogP) is 5.73. The molecule has 3 aromatic carbocycles. The van der Waals surface area contributed by atoms with Gasteiger partial charge in [-0.3, -0.25) is 9.59 Å². The Morgan fingerprint density at radius 1 is 0.806 bits per heavy atom. The zero-order valence-corrected chi connectivity index (χ0v) is 17.9. The summed E-state index contributed by atoms with van der Waals surface area (Å²) in [5.41, 5.74) is 5.07. The van der Waals surface area contributed by atoms with Crippen molar-refractivity contribution in [2.75, 3.05) is 10.2 Å². The van der Waals surface area contributed by atoms with Gasteiger partial charge in [0, 0.05) is 5.69 Å². The number of carbonyl (C=O) groups is 2. The molecule has 1 heterocycles. The number of nitrogens with zero attached hydrogens (tertiary/aromatic N) is 1. The number of nitrogens with one attached hydrogen (secondary N) is 1. The molecule has 4 nitrogen and oxygen atoms in total. The quantitative estimate of drug-likeness (QED) is 0.506. The molecule has 0 aromatic heterocycles. The van der Waals surface area contributed by atoms with Crippen LogP contribution in [0, 0.1) is 6.92 Å². The zero-order valence-electron chi connectivity index (χ0n) is 17.9. The fraction of sp³-hybridized carbons (Fsp3) is 0.185. The van der Waals surface area contributed by atoms with Crippen LogP contribution in [0.15, 0.2) is 84.6 Å². The van der Waals surface area contributed by atoms with Gasteiger partial charge in [0.1, 0.15) is 5.70 Å². The first-order valence-electron chi connectivity index (χ1n) is 10.7. The molecule has 3 aromatic rings. The highest BCUT2D eigenvalue weighted by molar-refractivity contribution is 6.46. The Bertz CT molecular complexity index is 1110. The Morgan fingerprint density at radius 2 is 1.48 bits per heavy atom. The van der Waals surface area contributed by atoms with Gasteiger partial charge in [0.2, 0.25) is 0 Å². The lowest BCUT2D eigenvalue weighted by Crippen LogP contribution is -2.32. The Hall–Kier alpha value is -3.66. The SMILES string of the molecule is CCCCc1ccc(N2C(=O)C(Nc3ccccc3)=C(c3ccc(C)cc3)C2=O)cc1. The number of imide groups is 1. The number of amides is 2. The van der Waals surface area contributed by atoms with Crippen LogP contribution < -0.4 is 10.2 Å². The maximum atomic E-state index is 13.5. The van der Waals surface area contributed by atoms with Crippen molar-refractivity contribution in [3.05, 3.63) is 101 Å². The van der Waals surface area contributed by atoms with E-state index in [1.54, 1.807) is 0 Å². The van der Waals surface area contributed by atoms with Gasteiger partial charge in [-0.05, 0) is 55.2 Å². The minimum Gasteiger partial charge on any atom is -0.350 e. The van der Waals surface area contributed by atoms with E-state index >= 15 is 0 Å². The third-order valence-electron chi connectivity index (χ3n) is 5.48. The fourth-order valence-corrected chi connectivity index (χ4v) is 3.73. The average Bonchev–Trinajstić information content (AvgIpc) is 3.03. The normalized spacial score (nSPS) is 13.8. The van der Waals surface area contributed by atoms with Gasteiger partial charge >= 0.3 is 0 Å². The van der Waals surface area contributed by atoms with E-state index < -0.39 is 0 Å². The zero-order chi connectivity index (χ0) is 21.8. The molecular formula is C27H26N2O2.